The van der Waals surface area contributed by atoms with E-state index in [4.69, 9.17) is 16.6 Å². The lowest BCUT2D eigenvalue weighted by Gasteiger charge is -2.24. The van der Waals surface area contributed by atoms with Crippen LogP contribution in [-0.4, -0.2) is 77.3 Å². The van der Waals surface area contributed by atoms with Crippen LogP contribution in [0.2, 0.25) is 0 Å². The van der Waals surface area contributed by atoms with E-state index in [2.05, 4.69) is 28.6 Å². The summed E-state index contributed by atoms with van der Waals surface area (Å²) < 4.78 is 0. The molecule has 0 bridgehead atoms. The number of carbonyl (C=O) groups is 4. The van der Waals surface area contributed by atoms with Gasteiger partial charge in [0.15, 0.2) is 0 Å². The largest absolute Gasteiger partial charge is 0.480 e. The molecule has 4 unspecified atom stereocenters. The van der Waals surface area contributed by atoms with Crippen molar-refractivity contribution in [2.24, 2.45) is 11.5 Å². The van der Waals surface area contributed by atoms with Crippen LogP contribution >= 0.6 is 24.4 Å². The van der Waals surface area contributed by atoms with Crippen LogP contribution in [0.25, 0.3) is 0 Å². The first-order valence-corrected chi connectivity index (χ1v) is 11.4. The van der Waals surface area contributed by atoms with E-state index < -0.39 is 47.9 Å². The maximum Gasteiger partial charge on any atom is 0.325 e. The molecule has 10 nitrogen and oxygen atoms in total. The maximum absolute atomic E-state index is 12.6. The molecule has 0 aliphatic rings. The Morgan fingerprint density at radius 1 is 1.00 bits per heavy atom. The second-order valence-electron chi connectivity index (χ2n) is 6.55. The highest BCUT2D eigenvalue weighted by molar-refractivity contribution is 7.98. The minimum Gasteiger partial charge on any atom is -0.480 e. The lowest BCUT2D eigenvalue weighted by molar-refractivity contribution is -0.141. The predicted molar refractivity (Wildman–Crippen MR) is 117 cm³/mol. The number of amides is 3. The van der Waals surface area contributed by atoms with Crippen molar-refractivity contribution in [2.45, 2.75) is 56.8 Å². The number of hydrogen-bond acceptors (Lipinski definition) is 8. The third kappa shape index (κ3) is 11.3. The van der Waals surface area contributed by atoms with Gasteiger partial charge < -0.3 is 32.5 Å². The monoisotopic (exact) mass is 451 g/mol. The number of hydrogen-bond donors (Lipinski definition) is 7. The van der Waals surface area contributed by atoms with Gasteiger partial charge in [0.05, 0.1) is 6.04 Å². The normalized spacial score (nSPS) is 14.9. The molecule has 0 aromatic heterocycles. The van der Waals surface area contributed by atoms with Crippen LogP contribution in [0.4, 0.5) is 0 Å². The maximum atomic E-state index is 12.6. The summed E-state index contributed by atoms with van der Waals surface area (Å²) in [5.41, 5.74) is 11.3. The number of carboxylic acid groups (broad SMARTS) is 1. The summed E-state index contributed by atoms with van der Waals surface area (Å²) in [6.45, 7) is 1.75. The van der Waals surface area contributed by atoms with Gasteiger partial charge in [0.2, 0.25) is 17.7 Å². The van der Waals surface area contributed by atoms with Crippen molar-refractivity contribution in [3.8, 4) is 0 Å². The van der Waals surface area contributed by atoms with Crippen molar-refractivity contribution in [1.82, 2.24) is 16.0 Å². The quantitative estimate of drug-likeness (QED) is 0.118. The van der Waals surface area contributed by atoms with Gasteiger partial charge in [-0.15, -0.1) is 0 Å². The van der Waals surface area contributed by atoms with Gasteiger partial charge in [-0.2, -0.15) is 24.4 Å². The number of carbonyl (C=O) groups excluding carboxylic acids is 3. The first-order chi connectivity index (χ1) is 13.7. The zero-order valence-corrected chi connectivity index (χ0v) is 18.6. The van der Waals surface area contributed by atoms with E-state index in [1.54, 1.807) is 11.8 Å². The van der Waals surface area contributed by atoms with E-state index in [1.807, 2.05) is 6.26 Å². The van der Waals surface area contributed by atoms with E-state index in [-0.39, 0.29) is 12.2 Å². The van der Waals surface area contributed by atoms with Gasteiger partial charge in [-0.25, -0.2) is 0 Å². The standard InChI is InChI=1S/C17H33N5O5S2/c1-10(17(26)27)20-15(24)12(5-3-4-7-18)21-16(25)13(9-28)22-14(23)11(19)6-8-29-2/h10-13,28H,3-9,18-19H2,1-2H3,(H,20,24)(H,21,25)(H,22,23)(H,26,27). The molecular formula is C17H33N5O5S2. The smallest absolute Gasteiger partial charge is 0.325 e. The molecule has 0 aliphatic heterocycles. The van der Waals surface area contributed by atoms with Crippen molar-refractivity contribution in [2.75, 3.05) is 24.3 Å². The molecule has 0 aromatic rings. The van der Waals surface area contributed by atoms with Crippen molar-refractivity contribution >= 4 is 48.1 Å². The summed E-state index contributed by atoms with van der Waals surface area (Å²) in [6, 6.07) is -3.79. The number of aliphatic carboxylic acids is 1. The zero-order valence-electron chi connectivity index (χ0n) is 16.8. The fourth-order valence-electron chi connectivity index (χ4n) is 2.26. The van der Waals surface area contributed by atoms with Crippen LogP contribution in [-0.2, 0) is 19.2 Å². The molecule has 29 heavy (non-hydrogen) atoms. The van der Waals surface area contributed by atoms with Crippen molar-refractivity contribution < 1.29 is 24.3 Å². The number of thioether (sulfide) groups is 1. The van der Waals surface area contributed by atoms with E-state index in [0.29, 0.717) is 31.6 Å². The number of carboxylic acids is 1. The highest BCUT2D eigenvalue weighted by atomic mass is 32.2. The topological polar surface area (TPSA) is 177 Å². The van der Waals surface area contributed by atoms with Crippen LogP contribution in [0.3, 0.4) is 0 Å². The Morgan fingerprint density at radius 3 is 2.10 bits per heavy atom. The number of thiol groups is 1. The average Bonchev–Trinajstić information content (AvgIpc) is 2.68. The molecule has 0 fully saturated rings. The SMILES string of the molecule is CSCCC(N)C(=O)NC(CS)C(=O)NC(CCCCN)C(=O)NC(C)C(=O)O. The molecule has 0 radical (unpaired) electrons. The van der Waals surface area contributed by atoms with Crippen molar-refractivity contribution in [3.63, 3.8) is 0 Å². The molecule has 0 aliphatic carbocycles. The Labute approximate surface area is 181 Å². The summed E-state index contributed by atoms with van der Waals surface area (Å²) in [6.07, 6.45) is 3.85. The predicted octanol–water partition coefficient (Wildman–Crippen LogP) is -1.32. The van der Waals surface area contributed by atoms with E-state index in [9.17, 15) is 19.2 Å². The van der Waals surface area contributed by atoms with Gasteiger partial charge in [0.25, 0.3) is 0 Å². The van der Waals surface area contributed by atoms with Crippen LogP contribution in [0, 0.1) is 0 Å². The zero-order chi connectivity index (χ0) is 22.4. The molecule has 0 saturated carbocycles. The molecule has 0 saturated heterocycles. The van der Waals surface area contributed by atoms with E-state index >= 15 is 0 Å². The molecule has 0 spiro atoms. The number of nitrogens with two attached hydrogens (primary N) is 2. The summed E-state index contributed by atoms with van der Waals surface area (Å²) >= 11 is 5.65. The van der Waals surface area contributed by atoms with Crippen molar-refractivity contribution in [1.29, 1.82) is 0 Å². The van der Waals surface area contributed by atoms with Gasteiger partial charge in [0.1, 0.15) is 18.1 Å². The molecule has 0 rings (SSSR count). The van der Waals surface area contributed by atoms with Gasteiger partial charge >= 0.3 is 5.97 Å². The van der Waals surface area contributed by atoms with Crippen LogP contribution in [0.1, 0.15) is 32.6 Å². The fourth-order valence-corrected chi connectivity index (χ4v) is 3.01. The molecule has 0 aromatic carbocycles. The lowest BCUT2D eigenvalue weighted by atomic mass is 10.1. The molecule has 8 N–H and O–H groups in total. The fraction of sp³-hybridized carbons (Fsp3) is 0.765. The molecule has 4 atom stereocenters. The second-order valence-corrected chi connectivity index (χ2v) is 7.90. The van der Waals surface area contributed by atoms with Crippen molar-refractivity contribution in [3.05, 3.63) is 0 Å². The third-order valence-corrected chi connectivity index (χ3v) is 5.10. The Kier molecular flexibility index (Phi) is 14.6. The Bertz CT molecular complexity index is 552. The Hall–Kier alpha value is -1.50. The minimum atomic E-state index is -1.19. The Balaban J connectivity index is 5.01. The van der Waals surface area contributed by atoms with Crippen LogP contribution in [0.5, 0.6) is 0 Å². The third-order valence-electron chi connectivity index (χ3n) is 4.09. The lowest BCUT2D eigenvalue weighted by Crippen LogP contribution is -2.57. The van der Waals surface area contributed by atoms with Gasteiger partial charge in [-0.3, -0.25) is 19.2 Å². The average molecular weight is 452 g/mol. The summed E-state index contributed by atoms with van der Waals surface area (Å²) in [4.78, 5) is 48.1. The number of unbranched alkanes of at least 4 members (excludes halogenated alkanes) is 1. The minimum absolute atomic E-state index is 0.00941. The number of nitrogens with one attached hydrogen (secondary N) is 3. The first-order valence-electron chi connectivity index (χ1n) is 9.37. The molecule has 3 amide bonds. The van der Waals surface area contributed by atoms with Crippen LogP contribution in [0.15, 0.2) is 0 Å². The summed E-state index contributed by atoms with van der Waals surface area (Å²) in [5, 5.41) is 16.4. The Morgan fingerprint density at radius 2 is 1.59 bits per heavy atom. The summed E-state index contributed by atoms with van der Waals surface area (Å²) in [7, 11) is 0. The number of rotatable bonds is 15. The van der Waals surface area contributed by atoms with Gasteiger partial charge in [-0.1, -0.05) is 0 Å². The molecule has 0 heterocycles. The molecular weight excluding hydrogens is 418 g/mol. The van der Waals surface area contributed by atoms with E-state index in [1.165, 1.54) is 6.92 Å². The first kappa shape index (κ1) is 27.5. The second kappa shape index (κ2) is 15.4. The summed E-state index contributed by atoms with van der Waals surface area (Å²) in [5.74, 6) is -2.16. The highest BCUT2D eigenvalue weighted by Crippen LogP contribution is 2.04. The molecule has 168 valence electrons. The van der Waals surface area contributed by atoms with Gasteiger partial charge in [0, 0.05) is 5.75 Å². The van der Waals surface area contributed by atoms with Gasteiger partial charge in [-0.05, 0) is 51.2 Å². The molecule has 12 heteroatoms. The van der Waals surface area contributed by atoms with E-state index in [0.717, 1.165) is 0 Å². The highest BCUT2D eigenvalue weighted by Gasteiger charge is 2.28. The van der Waals surface area contributed by atoms with Crippen LogP contribution < -0.4 is 27.4 Å².